The Morgan fingerprint density at radius 2 is 1.63 bits per heavy atom. The van der Waals surface area contributed by atoms with Crippen molar-refractivity contribution in [2.75, 3.05) is 0 Å². The molecule has 2 heterocycles. The molecule has 0 bridgehead atoms. The quantitative estimate of drug-likeness (QED) is 0.578. The van der Waals surface area contributed by atoms with Crippen molar-refractivity contribution in [1.29, 1.82) is 0 Å². The van der Waals surface area contributed by atoms with Crippen molar-refractivity contribution < 1.29 is 4.79 Å². The Kier molecular flexibility index (Phi) is 4.56. The van der Waals surface area contributed by atoms with E-state index in [-0.39, 0.29) is 18.5 Å². The van der Waals surface area contributed by atoms with Gasteiger partial charge in [0.15, 0.2) is 0 Å². The third-order valence-corrected chi connectivity index (χ3v) is 5.26. The minimum absolute atomic E-state index is 0.0811. The number of nitrogens with zero attached hydrogens (tertiary/aromatic N) is 2. The van der Waals surface area contributed by atoms with Crippen LogP contribution in [-0.2, 0) is 11.3 Å². The van der Waals surface area contributed by atoms with Crippen molar-refractivity contribution >= 4 is 27.5 Å². The first-order valence-electron chi connectivity index (χ1n) is 8.56. The Hall–Kier alpha value is -3.25. The van der Waals surface area contributed by atoms with Gasteiger partial charge in [-0.25, -0.2) is 4.98 Å². The molecule has 0 unspecified atom stereocenters. The van der Waals surface area contributed by atoms with Gasteiger partial charge in [-0.3, -0.25) is 14.2 Å². The van der Waals surface area contributed by atoms with Crippen LogP contribution >= 0.6 is 11.3 Å². The van der Waals surface area contributed by atoms with Gasteiger partial charge in [0.25, 0.3) is 5.56 Å². The fraction of sp³-hybridized carbons (Fsp3) is 0.0952. The normalized spacial score (nSPS) is 11.0. The van der Waals surface area contributed by atoms with E-state index in [0.29, 0.717) is 16.0 Å². The number of fused-ring (bicyclic) bond motifs is 1. The molecule has 134 valence electrons. The van der Waals surface area contributed by atoms with Crippen LogP contribution in [0.1, 0.15) is 6.42 Å². The molecule has 5 nitrogen and oxygen atoms in total. The molecule has 0 aliphatic carbocycles. The van der Waals surface area contributed by atoms with Gasteiger partial charge in [-0.05, 0) is 5.56 Å². The molecule has 0 radical (unpaired) electrons. The highest BCUT2D eigenvalue weighted by molar-refractivity contribution is 7.17. The summed E-state index contributed by atoms with van der Waals surface area (Å²) in [6, 6.07) is 19.3. The molecule has 2 aromatic heterocycles. The monoisotopic (exact) mass is 375 g/mol. The number of hydrogen-bond donors (Lipinski definition) is 1. The topological polar surface area (TPSA) is 78.0 Å². The zero-order chi connectivity index (χ0) is 18.8. The van der Waals surface area contributed by atoms with Crippen molar-refractivity contribution in [3.05, 3.63) is 76.4 Å². The molecule has 0 spiro atoms. The predicted molar refractivity (Wildman–Crippen MR) is 109 cm³/mol. The van der Waals surface area contributed by atoms with E-state index in [1.165, 1.54) is 11.3 Å². The molecule has 4 rings (SSSR count). The Balaban J connectivity index is 1.98. The van der Waals surface area contributed by atoms with E-state index in [4.69, 9.17) is 10.7 Å². The summed E-state index contributed by atoms with van der Waals surface area (Å²) >= 11 is 1.45. The fourth-order valence-electron chi connectivity index (χ4n) is 3.09. The van der Waals surface area contributed by atoms with E-state index in [0.717, 1.165) is 16.7 Å². The second-order valence-corrected chi connectivity index (χ2v) is 7.03. The number of benzene rings is 2. The second kappa shape index (κ2) is 7.17. The van der Waals surface area contributed by atoms with E-state index < -0.39 is 5.91 Å². The van der Waals surface area contributed by atoms with Gasteiger partial charge in [-0.2, -0.15) is 0 Å². The van der Waals surface area contributed by atoms with E-state index in [2.05, 4.69) is 0 Å². The van der Waals surface area contributed by atoms with E-state index in [9.17, 15) is 9.59 Å². The molecule has 0 aliphatic heterocycles. The molecule has 0 saturated heterocycles. The molecule has 0 aliphatic rings. The van der Waals surface area contributed by atoms with E-state index in [1.54, 1.807) is 4.57 Å². The number of hydrogen-bond acceptors (Lipinski definition) is 4. The van der Waals surface area contributed by atoms with Crippen LogP contribution in [-0.4, -0.2) is 15.5 Å². The molecule has 2 N–H and O–H groups in total. The smallest absolute Gasteiger partial charge is 0.263 e. The minimum Gasteiger partial charge on any atom is -0.370 e. The lowest BCUT2D eigenvalue weighted by Gasteiger charge is -2.12. The van der Waals surface area contributed by atoms with Crippen LogP contribution in [0.4, 0.5) is 0 Å². The third kappa shape index (κ3) is 3.27. The number of nitrogens with two attached hydrogens (primary N) is 1. The predicted octanol–water partition coefficient (Wildman–Crippen LogP) is 3.67. The highest BCUT2D eigenvalue weighted by atomic mass is 32.1. The first-order chi connectivity index (χ1) is 13.1. The summed E-state index contributed by atoms with van der Waals surface area (Å²) < 4.78 is 1.56. The van der Waals surface area contributed by atoms with Gasteiger partial charge in [0, 0.05) is 29.5 Å². The van der Waals surface area contributed by atoms with Crippen LogP contribution in [0.2, 0.25) is 0 Å². The lowest BCUT2D eigenvalue weighted by molar-refractivity contribution is -0.118. The molecule has 0 atom stereocenters. The van der Waals surface area contributed by atoms with Gasteiger partial charge in [0.05, 0.1) is 5.39 Å². The molecule has 4 aromatic rings. The molecule has 0 fully saturated rings. The van der Waals surface area contributed by atoms with Gasteiger partial charge in [-0.1, -0.05) is 60.7 Å². The Bertz CT molecular complexity index is 1160. The van der Waals surface area contributed by atoms with Crippen molar-refractivity contribution in [1.82, 2.24) is 9.55 Å². The van der Waals surface area contributed by atoms with Gasteiger partial charge < -0.3 is 5.73 Å². The molecule has 27 heavy (non-hydrogen) atoms. The summed E-state index contributed by atoms with van der Waals surface area (Å²) in [6.45, 7) is 0.200. The van der Waals surface area contributed by atoms with Crippen LogP contribution in [0.25, 0.3) is 32.7 Å². The number of amides is 1. The van der Waals surface area contributed by atoms with E-state index >= 15 is 0 Å². The maximum atomic E-state index is 13.4. The maximum absolute atomic E-state index is 13.4. The van der Waals surface area contributed by atoms with Crippen LogP contribution in [0.15, 0.2) is 70.8 Å². The first kappa shape index (κ1) is 17.2. The highest BCUT2D eigenvalue weighted by Gasteiger charge is 2.18. The van der Waals surface area contributed by atoms with Crippen molar-refractivity contribution in [3.8, 4) is 22.5 Å². The molecular weight excluding hydrogens is 358 g/mol. The van der Waals surface area contributed by atoms with Gasteiger partial charge in [-0.15, -0.1) is 11.3 Å². The number of rotatable bonds is 5. The number of aromatic nitrogens is 2. The summed E-state index contributed by atoms with van der Waals surface area (Å²) in [5.74, 6) is 0.102. The van der Waals surface area contributed by atoms with Crippen molar-refractivity contribution in [3.63, 3.8) is 0 Å². The summed E-state index contributed by atoms with van der Waals surface area (Å²) in [6.07, 6.45) is 0.0811. The van der Waals surface area contributed by atoms with Crippen LogP contribution in [0, 0.1) is 0 Å². The second-order valence-electron chi connectivity index (χ2n) is 6.17. The Morgan fingerprint density at radius 3 is 2.26 bits per heavy atom. The Morgan fingerprint density at radius 1 is 1.00 bits per heavy atom. The summed E-state index contributed by atoms with van der Waals surface area (Å²) in [7, 11) is 0. The summed E-state index contributed by atoms with van der Waals surface area (Å²) in [5, 5.41) is 2.54. The molecular formula is C21H17N3O2S. The van der Waals surface area contributed by atoms with Gasteiger partial charge in [0.2, 0.25) is 5.91 Å². The SMILES string of the molecule is NC(=O)CCn1c(-c2ccccc2)nc2scc(-c3ccccc3)c2c1=O. The molecule has 0 saturated carbocycles. The molecule has 1 amide bonds. The lowest BCUT2D eigenvalue weighted by Crippen LogP contribution is -2.26. The Labute approximate surface area is 159 Å². The van der Waals surface area contributed by atoms with Gasteiger partial charge in [0.1, 0.15) is 10.7 Å². The standard InChI is InChI=1S/C21H17N3O2S/c22-17(25)11-12-24-19(15-9-5-2-6-10-15)23-20-18(21(24)26)16(13-27-20)14-7-3-1-4-8-14/h1-10,13H,11-12H2,(H2,22,25). The average molecular weight is 375 g/mol. The highest BCUT2D eigenvalue weighted by Crippen LogP contribution is 2.32. The van der Waals surface area contributed by atoms with Crippen LogP contribution in [0.5, 0.6) is 0 Å². The van der Waals surface area contributed by atoms with Gasteiger partial charge >= 0.3 is 0 Å². The number of primary amides is 1. The van der Waals surface area contributed by atoms with Crippen LogP contribution < -0.4 is 11.3 Å². The van der Waals surface area contributed by atoms with Crippen LogP contribution in [0.3, 0.4) is 0 Å². The maximum Gasteiger partial charge on any atom is 0.263 e. The number of thiophene rings is 1. The molecule has 6 heteroatoms. The largest absolute Gasteiger partial charge is 0.370 e. The summed E-state index contributed by atoms with van der Waals surface area (Å²) in [5.41, 5.74) is 7.83. The zero-order valence-electron chi connectivity index (χ0n) is 14.5. The third-order valence-electron chi connectivity index (χ3n) is 4.39. The fourth-order valence-corrected chi connectivity index (χ4v) is 4.03. The summed E-state index contributed by atoms with van der Waals surface area (Å²) in [4.78, 5) is 30.1. The van der Waals surface area contributed by atoms with Crippen molar-refractivity contribution in [2.45, 2.75) is 13.0 Å². The average Bonchev–Trinajstić information content (AvgIpc) is 3.12. The zero-order valence-corrected chi connectivity index (χ0v) is 15.3. The first-order valence-corrected chi connectivity index (χ1v) is 9.44. The van der Waals surface area contributed by atoms with Crippen molar-refractivity contribution in [2.24, 2.45) is 5.73 Å². The number of carbonyl (C=O) groups is 1. The number of carbonyl (C=O) groups excluding carboxylic acids is 1. The lowest BCUT2D eigenvalue weighted by atomic mass is 10.1. The minimum atomic E-state index is -0.449. The van der Waals surface area contributed by atoms with E-state index in [1.807, 2.05) is 66.0 Å². The molecule has 2 aromatic carbocycles.